The monoisotopic (exact) mass is 256 g/mol. The summed E-state index contributed by atoms with van der Waals surface area (Å²) in [5.41, 5.74) is 0. The van der Waals surface area contributed by atoms with E-state index in [0.29, 0.717) is 5.92 Å². The molecule has 0 bridgehead atoms. The molecule has 5 heteroatoms. The van der Waals surface area contributed by atoms with E-state index in [1.54, 1.807) is 6.33 Å². The van der Waals surface area contributed by atoms with Crippen LogP contribution in [0.2, 0.25) is 0 Å². The zero-order chi connectivity index (χ0) is 12.3. The van der Waals surface area contributed by atoms with Crippen molar-refractivity contribution < 1.29 is 0 Å². The molecule has 0 amide bonds. The van der Waals surface area contributed by atoms with E-state index in [2.05, 4.69) is 29.2 Å². The molecule has 1 saturated carbocycles. The van der Waals surface area contributed by atoms with Gasteiger partial charge < -0.3 is 5.32 Å². The van der Waals surface area contributed by atoms with E-state index in [1.165, 1.54) is 12.8 Å². The van der Waals surface area contributed by atoms with Crippen LogP contribution in [0.5, 0.6) is 0 Å². The number of aromatic nitrogens is 3. The lowest BCUT2D eigenvalue weighted by Crippen LogP contribution is -2.26. The molecular formula is C12H21ClN4. The van der Waals surface area contributed by atoms with E-state index in [-0.39, 0.29) is 5.38 Å². The predicted molar refractivity (Wildman–Crippen MR) is 68.9 cm³/mol. The first-order valence-corrected chi connectivity index (χ1v) is 6.82. The quantitative estimate of drug-likeness (QED) is 0.760. The third-order valence-corrected chi connectivity index (χ3v) is 3.50. The second-order valence-corrected chi connectivity index (χ2v) is 5.80. The van der Waals surface area contributed by atoms with Crippen LogP contribution in [0.15, 0.2) is 6.33 Å². The maximum Gasteiger partial charge on any atom is 0.140 e. The van der Waals surface area contributed by atoms with Gasteiger partial charge in [-0.05, 0) is 24.7 Å². The lowest BCUT2D eigenvalue weighted by Gasteiger charge is -2.11. The van der Waals surface area contributed by atoms with Gasteiger partial charge in [0.15, 0.2) is 0 Å². The first-order valence-electron chi connectivity index (χ1n) is 6.38. The number of alkyl halides is 1. The van der Waals surface area contributed by atoms with Gasteiger partial charge in [0.25, 0.3) is 0 Å². The standard InChI is InChI=1S/C12H21ClN4/c1-9(2)7-17-12(15-8-16-17)6-14-5-11(13)10-3-4-10/h8-11,14H,3-7H2,1-2H3. The average molecular weight is 257 g/mol. The highest BCUT2D eigenvalue weighted by Gasteiger charge is 2.29. The molecule has 2 rings (SSSR count). The number of hydrogen-bond donors (Lipinski definition) is 1. The van der Waals surface area contributed by atoms with Crippen molar-refractivity contribution in [1.82, 2.24) is 20.1 Å². The molecule has 1 aliphatic carbocycles. The summed E-state index contributed by atoms with van der Waals surface area (Å²) in [7, 11) is 0. The Kier molecular flexibility index (Phi) is 4.40. The number of nitrogens with one attached hydrogen (secondary N) is 1. The second kappa shape index (κ2) is 5.83. The highest BCUT2D eigenvalue weighted by atomic mass is 35.5. The number of hydrogen-bond acceptors (Lipinski definition) is 3. The van der Waals surface area contributed by atoms with Gasteiger partial charge in [-0.1, -0.05) is 13.8 Å². The van der Waals surface area contributed by atoms with Gasteiger partial charge in [0.05, 0.1) is 6.54 Å². The molecule has 0 radical (unpaired) electrons. The topological polar surface area (TPSA) is 42.7 Å². The fourth-order valence-electron chi connectivity index (χ4n) is 1.87. The Hall–Kier alpha value is -0.610. The van der Waals surface area contributed by atoms with Crippen molar-refractivity contribution in [2.75, 3.05) is 6.54 Å². The van der Waals surface area contributed by atoms with Crippen molar-refractivity contribution in [2.24, 2.45) is 11.8 Å². The fraction of sp³-hybridized carbons (Fsp3) is 0.833. The summed E-state index contributed by atoms with van der Waals surface area (Å²) in [6.07, 6.45) is 4.21. The van der Waals surface area contributed by atoms with Gasteiger partial charge in [-0.3, -0.25) is 0 Å². The largest absolute Gasteiger partial charge is 0.308 e. The highest BCUT2D eigenvalue weighted by Crippen LogP contribution is 2.35. The molecule has 1 aromatic heterocycles. The lowest BCUT2D eigenvalue weighted by molar-refractivity contribution is 0.456. The first-order chi connectivity index (χ1) is 8.16. The Morgan fingerprint density at radius 3 is 2.94 bits per heavy atom. The van der Waals surface area contributed by atoms with Crippen LogP contribution >= 0.6 is 11.6 Å². The summed E-state index contributed by atoms with van der Waals surface area (Å²) in [5, 5.41) is 7.88. The van der Waals surface area contributed by atoms with E-state index in [4.69, 9.17) is 11.6 Å². The molecule has 1 aliphatic rings. The Morgan fingerprint density at radius 2 is 2.29 bits per heavy atom. The molecular weight excluding hydrogens is 236 g/mol. The Morgan fingerprint density at radius 1 is 1.53 bits per heavy atom. The highest BCUT2D eigenvalue weighted by molar-refractivity contribution is 6.21. The molecule has 1 atom stereocenters. The van der Waals surface area contributed by atoms with Crippen LogP contribution in [0.3, 0.4) is 0 Å². The summed E-state index contributed by atoms with van der Waals surface area (Å²) in [4.78, 5) is 4.27. The van der Waals surface area contributed by atoms with Gasteiger partial charge in [-0.15, -0.1) is 11.6 Å². The summed E-state index contributed by atoms with van der Waals surface area (Å²) in [6.45, 7) is 6.90. The minimum Gasteiger partial charge on any atom is -0.308 e. The van der Waals surface area contributed by atoms with Gasteiger partial charge in [-0.2, -0.15) is 5.10 Å². The van der Waals surface area contributed by atoms with Crippen molar-refractivity contribution in [3.8, 4) is 0 Å². The maximum absolute atomic E-state index is 6.24. The van der Waals surface area contributed by atoms with Crippen LogP contribution < -0.4 is 5.32 Å². The van der Waals surface area contributed by atoms with Crippen LogP contribution in [0.25, 0.3) is 0 Å². The summed E-state index contributed by atoms with van der Waals surface area (Å²) in [5.74, 6) is 2.32. The van der Waals surface area contributed by atoms with Crippen LogP contribution in [0.4, 0.5) is 0 Å². The zero-order valence-corrected chi connectivity index (χ0v) is 11.3. The molecule has 0 aromatic carbocycles. The molecule has 1 N–H and O–H groups in total. The van der Waals surface area contributed by atoms with Crippen LogP contribution in [-0.2, 0) is 13.1 Å². The molecule has 96 valence electrons. The normalized spacial score (nSPS) is 17.6. The van der Waals surface area contributed by atoms with Crippen LogP contribution in [-0.4, -0.2) is 26.7 Å². The van der Waals surface area contributed by atoms with Crippen LogP contribution in [0.1, 0.15) is 32.5 Å². The average Bonchev–Trinajstić information content (AvgIpc) is 3.03. The Balaban J connectivity index is 1.75. The smallest absolute Gasteiger partial charge is 0.140 e. The minimum atomic E-state index is 0.275. The van der Waals surface area contributed by atoms with E-state index < -0.39 is 0 Å². The predicted octanol–water partition coefficient (Wildman–Crippen LogP) is 2.04. The molecule has 17 heavy (non-hydrogen) atoms. The van der Waals surface area contributed by atoms with Gasteiger partial charge in [0.2, 0.25) is 0 Å². The molecule has 1 unspecified atom stereocenters. The summed E-state index contributed by atoms with van der Waals surface area (Å²) < 4.78 is 1.97. The summed E-state index contributed by atoms with van der Waals surface area (Å²) >= 11 is 6.24. The molecule has 0 aliphatic heterocycles. The number of rotatable bonds is 7. The van der Waals surface area contributed by atoms with Gasteiger partial charge in [-0.25, -0.2) is 9.67 Å². The van der Waals surface area contributed by atoms with E-state index in [9.17, 15) is 0 Å². The molecule has 0 spiro atoms. The van der Waals surface area contributed by atoms with Gasteiger partial charge >= 0.3 is 0 Å². The Labute approximate surface area is 108 Å². The van der Waals surface area contributed by atoms with E-state index in [1.807, 2.05) is 4.68 Å². The number of nitrogens with zero attached hydrogens (tertiary/aromatic N) is 3. The van der Waals surface area contributed by atoms with Crippen molar-refractivity contribution >= 4 is 11.6 Å². The SMILES string of the molecule is CC(C)Cn1ncnc1CNCC(Cl)C1CC1. The Bertz CT molecular complexity index is 346. The van der Waals surface area contributed by atoms with Gasteiger partial charge in [0.1, 0.15) is 12.2 Å². The molecule has 1 aromatic rings. The number of halogens is 1. The van der Waals surface area contributed by atoms with Crippen LogP contribution in [0, 0.1) is 11.8 Å². The van der Waals surface area contributed by atoms with Gasteiger partial charge in [0, 0.05) is 18.5 Å². The second-order valence-electron chi connectivity index (χ2n) is 5.24. The van der Waals surface area contributed by atoms with E-state index in [0.717, 1.165) is 31.4 Å². The minimum absolute atomic E-state index is 0.275. The van der Waals surface area contributed by atoms with Crippen molar-refractivity contribution in [3.63, 3.8) is 0 Å². The molecule has 1 fully saturated rings. The zero-order valence-electron chi connectivity index (χ0n) is 10.6. The van der Waals surface area contributed by atoms with Crippen molar-refractivity contribution in [2.45, 2.75) is 45.2 Å². The molecule has 4 nitrogen and oxygen atoms in total. The summed E-state index contributed by atoms with van der Waals surface area (Å²) in [6, 6.07) is 0. The maximum atomic E-state index is 6.24. The fourth-order valence-corrected chi connectivity index (χ4v) is 2.23. The molecule has 1 heterocycles. The molecule has 0 saturated heterocycles. The first kappa shape index (κ1) is 12.8. The third-order valence-electron chi connectivity index (χ3n) is 2.99. The van der Waals surface area contributed by atoms with Crippen molar-refractivity contribution in [1.29, 1.82) is 0 Å². The third kappa shape index (κ3) is 3.96. The van der Waals surface area contributed by atoms with Crippen molar-refractivity contribution in [3.05, 3.63) is 12.2 Å². The lowest BCUT2D eigenvalue weighted by atomic mass is 10.2. The van der Waals surface area contributed by atoms with E-state index >= 15 is 0 Å².